The molecule has 1 aromatic carbocycles. The molecule has 3 nitrogen and oxygen atoms in total. The summed E-state index contributed by atoms with van der Waals surface area (Å²) in [6, 6.07) is 11.8. The Morgan fingerprint density at radius 1 is 1.06 bits per heavy atom. The summed E-state index contributed by atoms with van der Waals surface area (Å²) in [7, 11) is 0. The Kier molecular flexibility index (Phi) is 3.67. The molecule has 4 heteroatoms. The fraction of sp³-hybridized carbons (Fsp3) is 0.0769. The Labute approximate surface area is 106 Å². The zero-order chi connectivity index (χ0) is 12.1. The molecule has 1 aromatic heterocycles. The Bertz CT molecular complexity index is 511. The molecule has 0 atom stereocenters. The number of rotatable bonds is 2. The second kappa shape index (κ2) is 5.41. The van der Waals surface area contributed by atoms with Gasteiger partial charge in [-0.1, -0.05) is 12.1 Å². The van der Waals surface area contributed by atoms with E-state index in [1.807, 2.05) is 43.3 Å². The molecule has 0 amide bonds. The lowest BCUT2D eigenvalue weighted by atomic mass is 10.2. The molecule has 86 valence electrons. The van der Waals surface area contributed by atoms with E-state index in [0.29, 0.717) is 5.11 Å². The van der Waals surface area contributed by atoms with Crippen LogP contribution >= 0.6 is 12.2 Å². The van der Waals surface area contributed by atoms with E-state index in [1.54, 1.807) is 12.4 Å². The van der Waals surface area contributed by atoms with E-state index in [2.05, 4.69) is 15.6 Å². The zero-order valence-electron chi connectivity index (χ0n) is 9.47. The number of hydrogen-bond acceptors (Lipinski definition) is 2. The molecule has 0 unspecified atom stereocenters. The van der Waals surface area contributed by atoms with E-state index in [4.69, 9.17) is 12.2 Å². The SMILES string of the molecule is Cc1cccc(NC(=S)Nc2ccncc2)c1. The van der Waals surface area contributed by atoms with Gasteiger partial charge in [0.05, 0.1) is 0 Å². The van der Waals surface area contributed by atoms with E-state index in [-0.39, 0.29) is 0 Å². The first kappa shape index (κ1) is 11.5. The third-order valence-corrected chi connectivity index (χ3v) is 2.42. The second-order valence-corrected chi connectivity index (χ2v) is 4.09. The number of thiocarbonyl (C=S) groups is 1. The van der Waals surface area contributed by atoms with Crippen molar-refractivity contribution in [3.05, 3.63) is 54.4 Å². The molecule has 0 aliphatic heterocycles. The van der Waals surface area contributed by atoms with Gasteiger partial charge >= 0.3 is 0 Å². The summed E-state index contributed by atoms with van der Waals surface area (Å²) in [4.78, 5) is 3.94. The first-order chi connectivity index (χ1) is 8.24. The zero-order valence-corrected chi connectivity index (χ0v) is 10.3. The number of anilines is 2. The topological polar surface area (TPSA) is 37.0 Å². The largest absolute Gasteiger partial charge is 0.332 e. The summed E-state index contributed by atoms with van der Waals surface area (Å²) in [5.41, 5.74) is 3.10. The van der Waals surface area contributed by atoms with Gasteiger partial charge in [0.15, 0.2) is 5.11 Å². The molecule has 0 fully saturated rings. The van der Waals surface area contributed by atoms with Crippen LogP contribution in [0.25, 0.3) is 0 Å². The minimum atomic E-state index is 0.571. The summed E-state index contributed by atoms with van der Waals surface area (Å²) in [5, 5.41) is 6.79. The summed E-state index contributed by atoms with van der Waals surface area (Å²) in [6.45, 7) is 2.05. The van der Waals surface area contributed by atoms with E-state index >= 15 is 0 Å². The van der Waals surface area contributed by atoms with Crippen LogP contribution < -0.4 is 10.6 Å². The van der Waals surface area contributed by atoms with Crippen molar-refractivity contribution in [3.8, 4) is 0 Å². The molecular formula is C13H13N3S. The van der Waals surface area contributed by atoms with Crippen molar-refractivity contribution < 1.29 is 0 Å². The maximum absolute atomic E-state index is 5.22. The van der Waals surface area contributed by atoms with Crippen LogP contribution in [-0.4, -0.2) is 10.1 Å². The molecular weight excluding hydrogens is 230 g/mol. The minimum absolute atomic E-state index is 0.571. The highest BCUT2D eigenvalue weighted by molar-refractivity contribution is 7.80. The van der Waals surface area contributed by atoms with Gasteiger partial charge in [-0.05, 0) is 49.0 Å². The second-order valence-electron chi connectivity index (χ2n) is 3.68. The number of aromatic nitrogens is 1. The molecule has 0 saturated heterocycles. The number of nitrogens with one attached hydrogen (secondary N) is 2. The quantitative estimate of drug-likeness (QED) is 0.794. The van der Waals surface area contributed by atoms with Crippen LogP contribution in [0.3, 0.4) is 0 Å². The molecule has 17 heavy (non-hydrogen) atoms. The highest BCUT2D eigenvalue weighted by atomic mass is 32.1. The lowest BCUT2D eigenvalue weighted by molar-refractivity contribution is 1.33. The molecule has 2 aromatic rings. The summed E-state index contributed by atoms with van der Waals surface area (Å²) in [5.74, 6) is 0. The van der Waals surface area contributed by atoms with Crippen molar-refractivity contribution in [2.24, 2.45) is 0 Å². The Morgan fingerprint density at radius 3 is 2.47 bits per heavy atom. The van der Waals surface area contributed by atoms with Gasteiger partial charge in [0.25, 0.3) is 0 Å². The van der Waals surface area contributed by atoms with Gasteiger partial charge in [0.1, 0.15) is 0 Å². The third kappa shape index (κ3) is 3.53. The van der Waals surface area contributed by atoms with Crippen LogP contribution in [0.4, 0.5) is 11.4 Å². The van der Waals surface area contributed by atoms with Crippen molar-refractivity contribution in [1.29, 1.82) is 0 Å². The fourth-order valence-corrected chi connectivity index (χ4v) is 1.69. The number of hydrogen-bond donors (Lipinski definition) is 2. The Balaban J connectivity index is 1.98. The van der Waals surface area contributed by atoms with Gasteiger partial charge in [0, 0.05) is 23.8 Å². The van der Waals surface area contributed by atoms with Crippen LogP contribution in [0.2, 0.25) is 0 Å². The first-order valence-electron chi connectivity index (χ1n) is 5.29. The number of aryl methyl sites for hydroxylation is 1. The highest BCUT2D eigenvalue weighted by Crippen LogP contribution is 2.10. The van der Waals surface area contributed by atoms with Crippen molar-refractivity contribution in [2.75, 3.05) is 10.6 Å². The number of nitrogens with zero attached hydrogens (tertiary/aromatic N) is 1. The smallest absolute Gasteiger partial charge is 0.175 e. The minimum Gasteiger partial charge on any atom is -0.332 e. The Hall–Kier alpha value is -1.94. The molecule has 1 heterocycles. The maximum Gasteiger partial charge on any atom is 0.175 e. The summed E-state index contributed by atoms with van der Waals surface area (Å²) in [6.07, 6.45) is 3.44. The third-order valence-electron chi connectivity index (χ3n) is 2.21. The van der Waals surface area contributed by atoms with Gasteiger partial charge in [-0.2, -0.15) is 0 Å². The van der Waals surface area contributed by atoms with Crippen molar-refractivity contribution in [2.45, 2.75) is 6.92 Å². The Morgan fingerprint density at radius 2 is 1.76 bits per heavy atom. The lowest BCUT2D eigenvalue weighted by Crippen LogP contribution is -2.18. The van der Waals surface area contributed by atoms with Gasteiger partial charge in [-0.25, -0.2) is 0 Å². The van der Waals surface area contributed by atoms with Crippen LogP contribution in [0.15, 0.2) is 48.8 Å². The van der Waals surface area contributed by atoms with Crippen molar-refractivity contribution in [3.63, 3.8) is 0 Å². The van der Waals surface area contributed by atoms with Gasteiger partial charge in [-0.15, -0.1) is 0 Å². The molecule has 0 bridgehead atoms. The van der Waals surface area contributed by atoms with E-state index in [1.165, 1.54) is 5.56 Å². The van der Waals surface area contributed by atoms with Gasteiger partial charge in [-0.3, -0.25) is 4.98 Å². The molecule has 0 radical (unpaired) electrons. The van der Waals surface area contributed by atoms with Crippen molar-refractivity contribution in [1.82, 2.24) is 4.98 Å². The van der Waals surface area contributed by atoms with E-state index < -0.39 is 0 Å². The van der Waals surface area contributed by atoms with E-state index in [9.17, 15) is 0 Å². The summed E-state index contributed by atoms with van der Waals surface area (Å²) < 4.78 is 0. The molecule has 2 N–H and O–H groups in total. The van der Waals surface area contributed by atoms with Crippen LogP contribution in [0.5, 0.6) is 0 Å². The number of pyridine rings is 1. The fourth-order valence-electron chi connectivity index (χ4n) is 1.45. The predicted octanol–water partition coefficient (Wildman–Crippen LogP) is 3.20. The number of benzene rings is 1. The maximum atomic E-state index is 5.22. The monoisotopic (exact) mass is 243 g/mol. The normalized spacial score (nSPS) is 9.71. The summed E-state index contributed by atoms with van der Waals surface area (Å²) >= 11 is 5.22. The molecule has 0 aliphatic rings. The van der Waals surface area contributed by atoms with Gasteiger partial charge in [0.2, 0.25) is 0 Å². The first-order valence-corrected chi connectivity index (χ1v) is 5.69. The average molecular weight is 243 g/mol. The van der Waals surface area contributed by atoms with Crippen LogP contribution in [0.1, 0.15) is 5.56 Å². The molecule has 0 saturated carbocycles. The molecule has 2 rings (SSSR count). The highest BCUT2D eigenvalue weighted by Gasteiger charge is 1.98. The van der Waals surface area contributed by atoms with Gasteiger partial charge < -0.3 is 10.6 Å². The standard InChI is InChI=1S/C13H13N3S/c1-10-3-2-4-12(9-10)16-13(17)15-11-5-7-14-8-6-11/h2-9H,1H3,(H2,14,15,16,17). The van der Waals surface area contributed by atoms with E-state index in [0.717, 1.165) is 11.4 Å². The average Bonchev–Trinajstić information content (AvgIpc) is 2.30. The van der Waals surface area contributed by atoms with Crippen molar-refractivity contribution >= 4 is 28.7 Å². The molecule has 0 aliphatic carbocycles. The lowest BCUT2D eigenvalue weighted by Gasteiger charge is -2.10. The van der Waals surface area contributed by atoms with Crippen LogP contribution in [-0.2, 0) is 0 Å². The predicted molar refractivity (Wildman–Crippen MR) is 75.3 cm³/mol. The molecule has 0 spiro atoms. The van der Waals surface area contributed by atoms with Crippen LogP contribution in [0, 0.1) is 6.92 Å².